The Bertz CT molecular complexity index is 1340. The molecule has 0 amide bonds. The van der Waals surface area contributed by atoms with E-state index in [4.69, 9.17) is 37.9 Å². The van der Waals surface area contributed by atoms with E-state index < -0.39 is 82.1 Å². The minimum absolute atomic E-state index is 0.00648. The molecule has 2 unspecified atom stereocenters. The van der Waals surface area contributed by atoms with Crippen LogP contribution in [0.1, 0.15) is 107 Å². The molecule has 1 aliphatic carbocycles. The molecule has 0 aromatic carbocycles. The third kappa shape index (κ3) is 10.3. The van der Waals surface area contributed by atoms with E-state index in [2.05, 4.69) is 38.3 Å². The third-order valence-corrected chi connectivity index (χ3v) is 11.1. The summed E-state index contributed by atoms with van der Waals surface area (Å²) >= 11 is 0. The largest absolute Gasteiger partial charge is 0.468 e. The molecule has 2 atom stereocenters. The second-order valence-electron chi connectivity index (χ2n) is 17.8. The Morgan fingerprint density at radius 2 is 0.982 bits per heavy atom. The second-order valence-corrected chi connectivity index (χ2v) is 17.8. The van der Waals surface area contributed by atoms with Gasteiger partial charge in [0.05, 0.1) is 42.2 Å². The van der Waals surface area contributed by atoms with Gasteiger partial charge in [0.2, 0.25) is 0 Å². The molecule has 55 heavy (non-hydrogen) atoms. The quantitative estimate of drug-likeness (QED) is 0.113. The first-order valence-corrected chi connectivity index (χ1v) is 18.9. The van der Waals surface area contributed by atoms with Crippen molar-refractivity contribution >= 4 is 35.8 Å². The predicted molar refractivity (Wildman–Crippen MR) is 196 cm³/mol. The van der Waals surface area contributed by atoms with E-state index in [0.29, 0.717) is 19.3 Å². The zero-order valence-corrected chi connectivity index (χ0v) is 35.0. The van der Waals surface area contributed by atoms with Crippen LogP contribution in [0.15, 0.2) is 0 Å². The van der Waals surface area contributed by atoms with Gasteiger partial charge in [-0.3, -0.25) is 9.59 Å². The molecule has 0 aromatic rings. The number of ether oxygens (including phenoxy) is 8. The molecule has 0 radical (unpaired) electrons. The van der Waals surface area contributed by atoms with Crippen molar-refractivity contribution in [1.29, 1.82) is 0 Å². The van der Waals surface area contributed by atoms with Crippen LogP contribution < -0.4 is 10.6 Å². The summed E-state index contributed by atoms with van der Waals surface area (Å²) in [5.74, 6) is -11.4. The fourth-order valence-corrected chi connectivity index (χ4v) is 9.97. The first-order valence-electron chi connectivity index (χ1n) is 18.9. The fourth-order valence-electron chi connectivity index (χ4n) is 9.97. The van der Waals surface area contributed by atoms with E-state index >= 15 is 4.79 Å². The van der Waals surface area contributed by atoms with Gasteiger partial charge in [0.1, 0.15) is 0 Å². The summed E-state index contributed by atoms with van der Waals surface area (Å²) in [5, 5.41) is 7.22. The highest BCUT2D eigenvalue weighted by Crippen LogP contribution is 2.57. The maximum absolute atomic E-state index is 15.4. The molecule has 314 valence electrons. The van der Waals surface area contributed by atoms with Crippen LogP contribution in [0.5, 0.6) is 0 Å². The first kappa shape index (κ1) is 46.0. The van der Waals surface area contributed by atoms with Crippen molar-refractivity contribution in [2.24, 2.45) is 23.2 Å². The second kappa shape index (κ2) is 17.4. The lowest BCUT2D eigenvalue weighted by molar-refractivity contribution is -0.326. The normalized spacial score (nSPS) is 24.2. The van der Waals surface area contributed by atoms with Crippen molar-refractivity contribution in [3.63, 3.8) is 0 Å². The number of carbonyl (C=O) groups excluding carboxylic acids is 6. The standard InChI is InChI=1S/C39H64N2O14/c1-34(2)18-23(19-35(3,4)40-34)22-53-33(47)39(32(46)52-13,24-20-36(5,6)41-37(7,8)21-24)25-16-14-15-17-38(25,54-26(28(42)48-9)29(43)49-10)55-27(30(44)50-11)31(45)51-12/h23-27,40-41H,14-22H2,1-13H3. The number of rotatable bonds is 14. The van der Waals surface area contributed by atoms with E-state index in [0.717, 1.165) is 35.5 Å². The van der Waals surface area contributed by atoms with Crippen molar-refractivity contribution < 1.29 is 66.7 Å². The Morgan fingerprint density at radius 1 is 0.582 bits per heavy atom. The van der Waals surface area contributed by atoms with Crippen LogP contribution >= 0.6 is 0 Å². The molecular formula is C39H64N2O14. The van der Waals surface area contributed by atoms with Gasteiger partial charge < -0.3 is 48.5 Å². The lowest BCUT2D eigenvalue weighted by atomic mass is 9.54. The molecule has 1 saturated carbocycles. The molecule has 3 fully saturated rings. The first-order chi connectivity index (χ1) is 25.4. The van der Waals surface area contributed by atoms with Crippen LogP contribution in [0.25, 0.3) is 0 Å². The fraction of sp³-hybridized carbons (Fsp3) is 0.846. The number of carbonyl (C=O) groups is 6. The van der Waals surface area contributed by atoms with E-state index in [-0.39, 0.29) is 55.7 Å². The van der Waals surface area contributed by atoms with Crippen molar-refractivity contribution in [3.05, 3.63) is 0 Å². The molecule has 0 aromatic heterocycles. The lowest BCUT2D eigenvalue weighted by Gasteiger charge is -2.56. The maximum Gasteiger partial charge on any atom is 0.346 e. The molecule has 2 aliphatic heterocycles. The number of hydrogen-bond acceptors (Lipinski definition) is 16. The number of piperidine rings is 2. The molecule has 16 nitrogen and oxygen atoms in total. The third-order valence-electron chi connectivity index (χ3n) is 11.1. The Balaban J connectivity index is 2.42. The van der Waals surface area contributed by atoms with Gasteiger partial charge in [-0.25, -0.2) is 19.2 Å². The van der Waals surface area contributed by atoms with Crippen LogP contribution in [-0.2, 0) is 66.7 Å². The van der Waals surface area contributed by atoms with Gasteiger partial charge in [0, 0.05) is 34.5 Å². The summed E-state index contributed by atoms with van der Waals surface area (Å²) in [6.45, 7) is 16.0. The van der Waals surface area contributed by atoms with Gasteiger partial charge in [0.25, 0.3) is 12.2 Å². The predicted octanol–water partition coefficient (Wildman–Crippen LogP) is 3.15. The van der Waals surface area contributed by atoms with E-state index in [1.807, 2.05) is 27.7 Å². The van der Waals surface area contributed by atoms with Crippen molar-refractivity contribution in [2.45, 2.75) is 147 Å². The van der Waals surface area contributed by atoms with Gasteiger partial charge in [-0.1, -0.05) is 6.42 Å². The molecule has 3 rings (SSSR count). The SMILES string of the molecule is COC(=O)C(OC1(OC(C(=O)OC)C(=O)OC)CCCCC1C(C(=O)OC)(C(=O)OCC1CC(C)(C)NC(C)(C)C1)C1CC(C)(C)NC(C)(C)C1)C(=O)OC. The minimum Gasteiger partial charge on any atom is -0.468 e. The highest BCUT2D eigenvalue weighted by atomic mass is 16.7. The number of nitrogens with one attached hydrogen (secondary N) is 2. The summed E-state index contributed by atoms with van der Waals surface area (Å²) < 4.78 is 44.3. The summed E-state index contributed by atoms with van der Waals surface area (Å²) in [6, 6.07) is 0. The lowest BCUT2D eigenvalue weighted by Crippen LogP contribution is -2.69. The molecule has 0 bridgehead atoms. The van der Waals surface area contributed by atoms with Crippen LogP contribution in [-0.4, -0.2) is 118 Å². The van der Waals surface area contributed by atoms with E-state index in [1.54, 1.807) is 0 Å². The highest BCUT2D eigenvalue weighted by Gasteiger charge is 2.70. The zero-order chi connectivity index (χ0) is 41.8. The Hall–Kier alpha value is -3.34. The number of hydrogen-bond donors (Lipinski definition) is 2. The summed E-state index contributed by atoms with van der Waals surface area (Å²) in [5.41, 5.74) is -4.11. The Kier molecular flexibility index (Phi) is 14.6. The molecule has 2 N–H and O–H groups in total. The molecule has 2 heterocycles. The average molecular weight is 785 g/mol. The van der Waals surface area contributed by atoms with Crippen LogP contribution in [0, 0.1) is 23.2 Å². The van der Waals surface area contributed by atoms with Crippen molar-refractivity contribution in [2.75, 3.05) is 42.2 Å². The molecule has 3 aliphatic rings. The number of methoxy groups -OCH3 is 5. The molecule has 16 heteroatoms. The van der Waals surface area contributed by atoms with Gasteiger partial charge in [0.15, 0.2) is 11.2 Å². The van der Waals surface area contributed by atoms with Gasteiger partial charge in [-0.15, -0.1) is 0 Å². The summed E-state index contributed by atoms with van der Waals surface area (Å²) in [7, 11) is 5.26. The molecular weight excluding hydrogens is 720 g/mol. The smallest absolute Gasteiger partial charge is 0.346 e. The average Bonchev–Trinajstić information content (AvgIpc) is 3.08. The van der Waals surface area contributed by atoms with Gasteiger partial charge in [-0.05, 0) is 106 Å². The molecule has 0 spiro atoms. The molecule has 2 saturated heterocycles. The summed E-state index contributed by atoms with van der Waals surface area (Å²) in [6.07, 6.45) is -1.97. The van der Waals surface area contributed by atoms with Crippen molar-refractivity contribution in [3.8, 4) is 0 Å². The minimum atomic E-state index is -2.40. The van der Waals surface area contributed by atoms with Gasteiger partial charge in [-0.2, -0.15) is 0 Å². The Labute approximate surface area is 325 Å². The van der Waals surface area contributed by atoms with Gasteiger partial charge >= 0.3 is 35.8 Å². The topological polar surface area (TPSA) is 200 Å². The highest BCUT2D eigenvalue weighted by molar-refractivity contribution is 6.02. The maximum atomic E-state index is 15.4. The Morgan fingerprint density at radius 3 is 1.36 bits per heavy atom. The zero-order valence-electron chi connectivity index (χ0n) is 35.0. The monoisotopic (exact) mass is 784 g/mol. The number of esters is 6. The van der Waals surface area contributed by atoms with Crippen molar-refractivity contribution in [1.82, 2.24) is 10.6 Å². The van der Waals surface area contributed by atoms with Crippen LogP contribution in [0.2, 0.25) is 0 Å². The summed E-state index contributed by atoms with van der Waals surface area (Å²) in [4.78, 5) is 83.4. The van der Waals surface area contributed by atoms with Crippen LogP contribution in [0.4, 0.5) is 0 Å². The van der Waals surface area contributed by atoms with Crippen LogP contribution in [0.3, 0.4) is 0 Å². The van der Waals surface area contributed by atoms with E-state index in [9.17, 15) is 24.0 Å². The van der Waals surface area contributed by atoms with E-state index in [1.165, 1.54) is 0 Å².